The number of unbranched alkanes of at least 4 members (excludes halogenated alkanes) is 5. The molecule has 0 bridgehead atoms. The van der Waals surface area contributed by atoms with Crippen LogP contribution in [0.5, 0.6) is 11.5 Å². The van der Waals surface area contributed by atoms with Gasteiger partial charge in [0.1, 0.15) is 11.9 Å². The van der Waals surface area contributed by atoms with Crippen LogP contribution < -0.4 is 9.47 Å². The molecule has 0 aromatic heterocycles. The molecule has 0 unspecified atom stereocenters. The Morgan fingerprint density at radius 1 is 0.878 bits per heavy atom. The third kappa shape index (κ3) is 9.50. The maximum Gasteiger partial charge on any atom is 0.346 e. The average molecular weight is 577 g/mol. The minimum absolute atomic E-state index is 0.212. The van der Waals surface area contributed by atoms with E-state index < -0.39 is 35.3 Å². The van der Waals surface area contributed by atoms with Crippen molar-refractivity contribution in [2.75, 3.05) is 6.61 Å². The molecule has 0 amide bonds. The Balaban J connectivity index is 1.47. The second-order valence-corrected chi connectivity index (χ2v) is 11.0. The van der Waals surface area contributed by atoms with E-state index in [2.05, 4.69) is 6.92 Å². The van der Waals surface area contributed by atoms with Crippen LogP contribution in [0.3, 0.4) is 0 Å². The third-order valence-corrected chi connectivity index (χ3v) is 7.91. The molecule has 0 aliphatic heterocycles. The van der Waals surface area contributed by atoms with Gasteiger partial charge >= 0.3 is 11.9 Å². The quantitative estimate of drug-likeness (QED) is 0.120. The molecule has 2 atom stereocenters. The summed E-state index contributed by atoms with van der Waals surface area (Å²) in [5.74, 6) is -4.43. The first-order valence-electron chi connectivity index (χ1n) is 15.0. The van der Waals surface area contributed by atoms with E-state index >= 15 is 0 Å². The number of benzene rings is 2. The summed E-state index contributed by atoms with van der Waals surface area (Å²) >= 11 is 0. The lowest BCUT2D eigenvalue weighted by Gasteiger charge is -2.29. The fraction of sp³-hybridized carbons (Fsp3) is 0.576. The standard InChI is InChI=1S/C33H43F3O5/c1-4-6-7-8-9-10-21-39-28-20-19-27(30(35)31(28)36)32(37)40-25-15-11-23(12-16-25)24-13-17-26(18-14-24)41-33(38)29(34)22(3)5-2/h11-12,15-16,19-20,22,24,26,29H,4-10,13-14,17-18,21H2,1-3H3/t22-,24?,26?,29-/m0/s1. The Kier molecular flexibility index (Phi) is 13.0. The maximum absolute atomic E-state index is 14.6. The molecule has 0 spiro atoms. The molecule has 0 heterocycles. The van der Waals surface area contributed by atoms with Crippen molar-refractivity contribution >= 4 is 11.9 Å². The predicted octanol–water partition coefficient (Wildman–Crippen LogP) is 8.88. The Bertz CT molecular complexity index is 1110. The van der Waals surface area contributed by atoms with E-state index in [1.807, 2.05) is 19.1 Å². The van der Waals surface area contributed by atoms with Gasteiger partial charge in [0.25, 0.3) is 0 Å². The Morgan fingerprint density at radius 3 is 2.20 bits per heavy atom. The lowest BCUT2D eigenvalue weighted by molar-refractivity contribution is -0.158. The van der Waals surface area contributed by atoms with Gasteiger partial charge in [0.2, 0.25) is 5.82 Å². The molecule has 1 fully saturated rings. The van der Waals surface area contributed by atoms with Crippen molar-refractivity contribution in [2.24, 2.45) is 5.92 Å². The van der Waals surface area contributed by atoms with E-state index in [9.17, 15) is 22.8 Å². The molecule has 8 heteroatoms. The van der Waals surface area contributed by atoms with Crippen molar-refractivity contribution in [3.8, 4) is 11.5 Å². The van der Waals surface area contributed by atoms with Gasteiger partial charge in [-0.05, 0) is 73.8 Å². The number of carbonyl (C=O) groups excluding carboxylic acids is 2. The largest absolute Gasteiger partial charge is 0.490 e. The summed E-state index contributed by atoms with van der Waals surface area (Å²) in [7, 11) is 0. The number of hydrogen-bond acceptors (Lipinski definition) is 5. The summed E-state index contributed by atoms with van der Waals surface area (Å²) < 4.78 is 59.4. The zero-order valence-electron chi connectivity index (χ0n) is 24.4. The number of alkyl halides is 1. The van der Waals surface area contributed by atoms with E-state index in [-0.39, 0.29) is 36.0 Å². The molecule has 3 rings (SSSR count). The smallest absolute Gasteiger partial charge is 0.346 e. The third-order valence-electron chi connectivity index (χ3n) is 7.91. The first-order chi connectivity index (χ1) is 19.7. The second kappa shape index (κ2) is 16.4. The van der Waals surface area contributed by atoms with Crippen LogP contribution in [-0.4, -0.2) is 30.8 Å². The van der Waals surface area contributed by atoms with Gasteiger partial charge < -0.3 is 14.2 Å². The zero-order chi connectivity index (χ0) is 29.8. The summed E-state index contributed by atoms with van der Waals surface area (Å²) in [5.41, 5.74) is 0.525. The van der Waals surface area contributed by atoms with Crippen molar-refractivity contribution in [3.63, 3.8) is 0 Å². The zero-order valence-corrected chi connectivity index (χ0v) is 24.4. The van der Waals surface area contributed by atoms with Gasteiger partial charge in [-0.15, -0.1) is 0 Å². The van der Waals surface area contributed by atoms with Crippen LogP contribution in [0.1, 0.15) is 113 Å². The molecule has 2 aromatic rings. The molecule has 0 saturated heterocycles. The number of esters is 2. The van der Waals surface area contributed by atoms with Crippen LogP contribution in [0.25, 0.3) is 0 Å². The lowest BCUT2D eigenvalue weighted by atomic mass is 9.82. The fourth-order valence-corrected chi connectivity index (χ4v) is 5.02. The van der Waals surface area contributed by atoms with Crippen LogP contribution >= 0.6 is 0 Å². The van der Waals surface area contributed by atoms with Crippen LogP contribution in [0.15, 0.2) is 36.4 Å². The monoisotopic (exact) mass is 576 g/mol. The molecule has 226 valence electrons. The summed E-state index contributed by atoms with van der Waals surface area (Å²) in [4.78, 5) is 24.6. The van der Waals surface area contributed by atoms with E-state index in [0.717, 1.165) is 50.5 Å². The molecular formula is C33H43F3O5. The number of ether oxygens (including phenoxy) is 3. The molecule has 0 N–H and O–H groups in total. The maximum atomic E-state index is 14.6. The molecule has 2 aromatic carbocycles. The van der Waals surface area contributed by atoms with Gasteiger partial charge in [-0.2, -0.15) is 4.39 Å². The summed E-state index contributed by atoms with van der Waals surface area (Å²) in [6, 6.07) is 9.31. The van der Waals surface area contributed by atoms with Gasteiger partial charge in [-0.25, -0.2) is 18.4 Å². The van der Waals surface area contributed by atoms with Gasteiger partial charge in [-0.3, -0.25) is 0 Å². The Hall–Kier alpha value is -3.03. The second-order valence-electron chi connectivity index (χ2n) is 11.0. The van der Waals surface area contributed by atoms with Crippen molar-refractivity contribution in [2.45, 2.75) is 110 Å². The first kappa shape index (κ1) is 32.5. The van der Waals surface area contributed by atoms with Crippen LogP contribution in [-0.2, 0) is 9.53 Å². The van der Waals surface area contributed by atoms with Crippen LogP contribution in [0, 0.1) is 17.6 Å². The minimum Gasteiger partial charge on any atom is -0.490 e. The number of carbonyl (C=O) groups is 2. The predicted molar refractivity (Wildman–Crippen MR) is 152 cm³/mol. The highest BCUT2D eigenvalue weighted by Crippen LogP contribution is 2.35. The van der Waals surface area contributed by atoms with Gasteiger partial charge in [0.15, 0.2) is 17.7 Å². The topological polar surface area (TPSA) is 61.8 Å². The van der Waals surface area contributed by atoms with E-state index in [1.54, 1.807) is 19.1 Å². The van der Waals surface area contributed by atoms with Crippen molar-refractivity contribution in [1.29, 1.82) is 0 Å². The Labute approximate surface area is 241 Å². The lowest BCUT2D eigenvalue weighted by Crippen LogP contribution is -2.31. The minimum atomic E-state index is -1.60. The molecule has 41 heavy (non-hydrogen) atoms. The van der Waals surface area contributed by atoms with E-state index in [4.69, 9.17) is 14.2 Å². The number of halogens is 3. The molecule has 5 nitrogen and oxygen atoms in total. The normalized spacial score (nSPS) is 18.4. The van der Waals surface area contributed by atoms with Crippen molar-refractivity contribution in [3.05, 3.63) is 59.2 Å². The number of hydrogen-bond donors (Lipinski definition) is 0. The molecule has 1 aliphatic carbocycles. The van der Waals surface area contributed by atoms with Gasteiger partial charge in [0.05, 0.1) is 12.2 Å². The molecular weight excluding hydrogens is 533 g/mol. The SMILES string of the molecule is CCCCCCCCOc1ccc(C(=O)Oc2ccc(C3CCC(OC(=O)[C@@H](F)[C@@H](C)CC)CC3)cc2)c(F)c1F. The number of rotatable bonds is 15. The summed E-state index contributed by atoms with van der Waals surface area (Å²) in [6.07, 6.45) is 7.81. The van der Waals surface area contributed by atoms with Crippen LogP contribution in [0.2, 0.25) is 0 Å². The van der Waals surface area contributed by atoms with Crippen molar-refractivity contribution < 1.29 is 37.0 Å². The highest BCUT2D eigenvalue weighted by Gasteiger charge is 2.30. The highest BCUT2D eigenvalue weighted by molar-refractivity contribution is 5.91. The highest BCUT2D eigenvalue weighted by atomic mass is 19.2. The molecule has 0 radical (unpaired) electrons. The van der Waals surface area contributed by atoms with Gasteiger partial charge in [0, 0.05) is 0 Å². The summed E-state index contributed by atoms with van der Waals surface area (Å²) in [5, 5.41) is 0. The van der Waals surface area contributed by atoms with E-state index in [1.165, 1.54) is 18.6 Å². The summed E-state index contributed by atoms with van der Waals surface area (Å²) in [6.45, 7) is 5.96. The van der Waals surface area contributed by atoms with Crippen molar-refractivity contribution in [1.82, 2.24) is 0 Å². The van der Waals surface area contributed by atoms with Crippen LogP contribution in [0.4, 0.5) is 13.2 Å². The molecule has 1 aliphatic rings. The van der Waals surface area contributed by atoms with Gasteiger partial charge in [-0.1, -0.05) is 71.4 Å². The first-order valence-corrected chi connectivity index (χ1v) is 15.0. The average Bonchev–Trinajstić information content (AvgIpc) is 2.98. The fourth-order valence-electron chi connectivity index (χ4n) is 5.02. The van der Waals surface area contributed by atoms with E-state index in [0.29, 0.717) is 19.3 Å². The Morgan fingerprint density at radius 2 is 1.54 bits per heavy atom. The molecule has 1 saturated carbocycles.